The van der Waals surface area contributed by atoms with Gasteiger partial charge in [0.05, 0.1) is 10.9 Å². The van der Waals surface area contributed by atoms with Gasteiger partial charge in [0.25, 0.3) is 0 Å². The molecule has 3 aromatic rings. The third kappa shape index (κ3) is 2.21. The lowest BCUT2D eigenvalue weighted by molar-refractivity contribution is 0.852. The van der Waals surface area contributed by atoms with E-state index in [-0.39, 0.29) is 0 Å². The van der Waals surface area contributed by atoms with Crippen molar-refractivity contribution >= 4 is 45.4 Å². The molecule has 0 saturated heterocycles. The van der Waals surface area contributed by atoms with Crippen LogP contribution in [0.4, 0.5) is 0 Å². The van der Waals surface area contributed by atoms with Crippen LogP contribution in [0.3, 0.4) is 0 Å². The lowest BCUT2D eigenvalue weighted by atomic mass is 10.2. The molecule has 3 rings (SSSR count). The summed E-state index contributed by atoms with van der Waals surface area (Å²) in [5.41, 5.74) is 1.19. The minimum absolute atomic E-state index is 0.773. The second-order valence-electron chi connectivity index (χ2n) is 3.85. The van der Waals surface area contributed by atoms with Gasteiger partial charge in [0.15, 0.2) is 0 Å². The summed E-state index contributed by atoms with van der Waals surface area (Å²) in [4.78, 5) is 1.25. The molecule has 0 amide bonds. The summed E-state index contributed by atoms with van der Waals surface area (Å²) in [7, 11) is 0. The maximum Gasteiger partial charge on any atom is 0.0931 e. The second kappa shape index (κ2) is 4.37. The van der Waals surface area contributed by atoms with Crippen molar-refractivity contribution in [2.24, 2.45) is 0 Å². The molecule has 0 atom stereocenters. The van der Waals surface area contributed by atoms with Crippen molar-refractivity contribution in [3.63, 3.8) is 0 Å². The third-order valence-electron chi connectivity index (χ3n) is 2.69. The van der Waals surface area contributed by atoms with E-state index < -0.39 is 0 Å². The number of halogens is 2. The lowest BCUT2D eigenvalue weighted by Crippen LogP contribution is -1.94. The molecule has 0 unspecified atom stereocenters. The Morgan fingerprint density at radius 3 is 2.71 bits per heavy atom. The minimum atomic E-state index is 0.773. The molecule has 0 aliphatic heterocycles. The van der Waals surface area contributed by atoms with Gasteiger partial charge in [0.1, 0.15) is 0 Å². The summed E-state index contributed by atoms with van der Waals surface area (Å²) < 4.78 is 3.04. The van der Waals surface area contributed by atoms with Crippen molar-refractivity contribution < 1.29 is 0 Å². The Balaban J connectivity index is 2.00. The molecular formula is C13H9Cl2NS. The molecule has 1 aromatic carbocycles. The van der Waals surface area contributed by atoms with E-state index in [1.807, 2.05) is 24.3 Å². The first kappa shape index (κ1) is 11.1. The average molecular weight is 282 g/mol. The molecule has 0 N–H and O–H groups in total. The predicted octanol–water partition coefficient (Wildman–Crippen LogP) is 5.06. The fourth-order valence-corrected chi connectivity index (χ4v) is 3.18. The first-order valence-electron chi connectivity index (χ1n) is 5.21. The smallest absolute Gasteiger partial charge is 0.0931 e. The van der Waals surface area contributed by atoms with E-state index >= 15 is 0 Å². The Morgan fingerprint density at radius 1 is 1.06 bits per heavy atom. The molecule has 4 heteroatoms. The number of benzene rings is 1. The molecule has 0 saturated carbocycles. The highest BCUT2D eigenvalue weighted by atomic mass is 35.5. The standard InChI is InChI=1S/C13H9Cl2NS/c14-10-1-3-12-9(7-10)5-6-16(12)8-11-2-4-13(15)17-11/h1-7H,8H2. The number of hydrogen-bond acceptors (Lipinski definition) is 1. The van der Waals surface area contributed by atoms with E-state index in [0.717, 1.165) is 15.9 Å². The number of thiophene rings is 1. The number of aromatic nitrogens is 1. The number of hydrogen-bond donors (Lipinski definition) is 0. The molecule has 0 spiro atoms. The van der Waals surface area contributed by atoms with Crippen LogP contribution >= 0.6 is 34.5 Å². The first-order valence-corrected chi connectivity index (χ1v) is 6.78. The number of fused-ring (bicyclic) bond motifs is 1. The Bertz CT molecular complexity index is 669. The van der Waals surface area contributed by atoms with E-state index in [9.17, 15) is 0 Å². The van der Waals surface area contributed by atoms with Crippen LogP contribution in [0, 0.1) is 0 Å². The Labute approximate surface area is 113 Å². The highest BCUT2D eigenvalue weighted by Gasteiger charge is 2.04. The second-order valence-corrected chi connectivity index (χ2v) is 6.09. The van der Waals surface area contributed by atoms with Gasteiger partial charge in [0.2, 0.25) is 0 Å². The fraction of sp³-hybridized carbons (Fsp3) is 0.0769. The van der Waals surface area contributed by atoms with Gasteiger partial charge in [-0.05, 0) is 36.4 Å². The summed E-state index contributed by atoms with van der Waals surface area (Å²) in [6.45, 7) is 0.850. The molecule has 0 bridgehead atoms. The average Bonchev–Trinajstić information content (AvgIpc) is 2.86. The van der Waals surface area contributed by atoms with Crippen molar-refractivity contribution in [1.29, 1.82) is 0 Å². The van der Waals surface area contributed by atoms with Crippen LogP contribution in [0.2, 0.25) is 9.36 Å². The monoisotopic (exact) mass is 281 g/mol. The van der Waals surface area contributed by atoms with Crippen molar-refractivity contribution in [2.45, 2.75) is 6.54 Å². The van der Waals surface area contributed by atoms with Crippen LogP contribution in [0.15, 0.2) is 42.6 Å². The molecule has 0 aliphatic rings. The maximum atomic E-state index is 5.97. The fourth-order valence-electron chi connectivity index (χ4n) is 1.91. The SMILES string of the molecule is Clc1ccc2c(ccn2Cc2ccc(Cl)s2)c1. The predicted molar refractivity (Wildman–Crippen MR) is 75.4 cm³/mol. The summed E-state index contributed by atoms with van der Waals surface area (Å²) in [5.74, 6) is 0. The molecule has 0 aliphatic carbocycles. The topological polar surface area (TPSA) is 4.93 Å². The van der Waals surface area contributed by atoms with E-state index in [4.69, 9.17) is 23.2 Å². The zero-order valence-corrected chi connectivity index (χ0v) is 11.2. The van der Waals surface area contributed by atoms with Gasteiger partial charge in [-0.25, -0.2) is 0 Å². The first-order chi connectivity index (χ1) is 8.22. The number of nitrogens with zero attached hydrogens (tertiary/aromatic N) is 1. The highest BCUT2D eigenvalue weighted by Crippen LogP contribution is 2.25. The minimum Gasteiger partial charge on any atom is -0.342 e. The molecule has 0 fully saturated rings. The van der Waals surface area contributed by atoms with Gasteiger partial charge in [-0.2, -0.15) is 0 Å². The Kier molecular flexibility index (Phi) is 2.87. The Hall–Kier alpha value is -0.960. The molecule has 2 heterocycles. The quantitative estimate of drug-likeness (QED) is 0.619. The zero-order chi connectivity index (χ0) is 11.8. The van der Waals surface area contributed by atoms with Crippen LogP contribution < -0.4 is 0 Å². The summed E-state index contributed by atoms with van der Waals surface area (Å²) >= 11 is 13.5. The van der Waals surface area contributed by atoms with Crippen LogP contribution in [-0.4, -0.2) is 4.57 Å². The van der Waals surface area contributed by atoms with Crippen molar-refractivity contribution in [3.05, 3.63) is 56.8 Å². The Morgan fingerprint density at radius 2 is 1.94 bits per heavy atom. The van der Waals surface area contributed by atoms with Crippen LogP contribution in [0.5, 0.6) is 0 Å². The molecule has 2 aromatic heterocycles. The van der Waals surface area contributed by atoms with Crippen molar-refractivity contribution in [3.8, 4) is 0 Å². The maximum absolute atomic E-state index is 5.97. The normalized spacial score (nSPS) is 11.2. The summed E-state index contributed by atoms with van der Waals surface area (Å²) in [6.07, 6.45) is 2.08. The largest absolute Gasteiger partial charge is 0.342 e. The highest BCUT2D eigenvalue weighted by molar-refractivity contribution is 7.16. The molecular weight excluding hydrogens is 273 g/mol. The molecule has 17 heavy (non-hydrogen) atoms. The lowest BCUT2D eigenvalue weighted by Gasteiger charge is -2.03. The van der Waals surface area contributed by atoms with Gasteiger partial charge < -0.3 is 4.57 Å². The third-order valence-corrected chi connectivity index (χ3v) is 4.14. The van der Waals surface area contributed by atoms with Crippen LogP contribution in [0.1, 0.15) is 4.88 Å². The van der Waals surface area contributed by atoms with Gasteiger partial charge in [-0.15, -0.1) is 11.3 Å². The van der Waals surface area contributed by atoms with E-state index in [0.29, 0.717) is 0 Å². The van der Waals surface area contributed by atoms with Crippen LogP contribution in [-0.2, 0) is 6.54 Å². The van der Waals surface area contributed by atoms with Gasteiger partial charge in [-0.1, -0.05) is 23.2 Å². The van der Waals surface area contributed by atoms with Gasteiger partial charge >= 0.3 is 0 Å². The summed E-state index contributed by atoms with van der Waals surface area (Å²) in [6, 6.07) is 12.0. The van der Waals surface area contributed by atoms with Crippen molar-refractivity contribution in [2.75, 3.05) is 0 Å². The molecule has 0 radical (unpaired) electrons. The van der Waals surface area contributed by atoms with Crippen molar-refractivity contribution in [1.82, 2.24) is 4.57 Å². The number of rotatable bonds is 2. The zero-order valence-electron chi connectivity index (χ0n) is 8.86. The van der Waals surface area contributed by atoms with E-state index in [1.165, 1.54) is 15.8 Å². The molecule has 86 valence electrons. The van der Waals surface area contributed by atoms with E-state index in [1.54, 1.807) is 11.3 Å². The van der Waals surface area contributed by atoms with Gasteiger partial charge in [-0.3, -0.25) is 0 Å². The van der Waals surface area contributed by atoms with Crippen LogP contribution in [0.25, 0.3) is 10.9 Å². The molecule has 1 nitrogen and oxygen atoms in total. The summed E-state index contributed by atoms with van der Waals surface area (Å²) in [5, 5.41) is 1.94. The van der Waals surface area contributed by atoms with Gasteiger partial charge in [0, 0.05) is 27.0 Å². The van der Waals surface area contributed by atoms with E-state index in [2.05, 4.69) is 22.9 Å².